The van der Waals surface area contributed by atoms with Gasteiger partial charge in [0.05, 0.1) is 34.4 Å². The Morgan fingerprint density at radius 1 is 0.653 bits per heavy atom. The molecule has 2 unspecified atom stereocenters. The van der Waals surface area contributed by atoms with Crippen molar-refractivity contribution in [1.82, 2.24) is 0 Å². The molecule has 2 atom stereocenters. The van der Waals surface area contributed by atoms with Gasteiger partial charge in [-0.1, -0.05) is 133 Å². The van der Waals surface area contributed by atoms with E-state index < -0.39 is 13.9 Å². The molecule has 0 spiro atoms. The highest BCUT2D eigenvalue weighted by atomic mass is 31.2. The minimum Gasteiger partial charge on any atom is -0.457 e. The number of nitrogens with zero attached hydrogens (tertiary/aromatic N) is 1. The molecule has 1 N–H and O–H groups in total. The highest BCUT2D eigenvalue weighted by Crippen LogP contribution is 2.43. The van der Waals surface area contributed by atoms with Gasteiger partial charge in [-0.2, -0.15) is 0 Å². The van der Waals surface area contributed by atoms with Crippen LogP contribution in [-0.2, 0) is 27.9 Å². The summed E-state index contributed by atoms with van der Waals surface area (Å²) in [6.45, 7) is 5.45. The van der Waals surface area contributed by atoms with Gasteiger partial charge >= 0.3 is 13.8 Å². The maximum absolute atomic E-state index is 12.6. The number of hydrogen-bond acceptors (Lipinski definition) is 6. The zero-order chi connectivity index (χ0) is 36.3. The monoisotopic (exact) mass is 713 g/mol. The lowest BCUT2D eigenvalue weighted by molar-refractivity contribution is -0.870. The van der Waals surface area contributed by atoms with Gasteiger partial charge in [0.25, 0.3) is 0 Å². The van der Waals surface area contributed by atoms with Crippen LogP contribution in [0.1, 0.15) is 142 Å². The Bertz CT molecular complexity index is 926. The molecule has 0 aliphatic carbocycles. The predicted octanol–water partition coefficient (Wildman–Crippen LogP) is 10.8. The number of phosphoric acid groups is 1. The Kier molecular flexibility index (Phi) is 32.5. The molecule has 0 saturated carbocycles. The van der Waals surface area contributed by atoms with Gasteiger partial charge < -0.3 is 18.9 Å². The smallest absolute Gasteiger partial charge is 0.457 e. The third-order valence-corrected chi connectivity index (χ3v) is 8.89. The molecule has 0 heterocycles. The number of unbranched alkanes of at least 4 members (excludes halogenated alkanes) is 13. The van der Waals surface area contributed by atoms with Crippen molar-refractivity contribution in [2.24, 2.45) is 0 Å². The zero-order valence-corrected chi connectivity index (χ0v) is 33.1. The molecule has 286 valence electrons. The molecule has 0 bridgehead atoms. The fourth-order valence-corrected chi connectivity index (χ4v) is 5.64. The Morgan fingerprint density at radius 3 is 1.78 bits per heavy atom. The average Bonchev–Trinajstić information content (AvgIpc) is 3.04. The minimum absolute atomic E-state index is 0.0844. The van der Waals surface area contributed by atoms with Crippen molar-refractivity contribution >= 4 is 13.8 Å². The first-order valence-corrected chi connectivity index (χ1v) is 20.9. The van der Waals surface area contributed by atoms with Gasteiger partial charge in [-0.25, -0.2) is 4.57 Å². The summed E-state index contributed by atoms with van der Waals surface area (Å²) in [4.78, 5) is 22.7. The number of ether oxygens (including phenoxy) is 2. The molecule has 0 aliphatic rings. The van der Waals surface area contributed by atoms with Crippen LogP contribution >= 0.6 is 7.82 Å². The molecule has 0 aromatic carbocycles. The number of allylic oxidation sites excluding steroid dienone is 8. The second-order valence-electron chi connectivity index (χ2n) is 13.9. The van der Waals surface area contributed by atoms with Crippen LogP contribution < -0.4 is 0 Å². The first-order chi connectivity index (χ1) is 23.6. The maximum Gasteiger partial charge on any atom is 0.472 e. The fourth-order valence-electron chi connectivity index (χ4n) is 4.89. The Hall–Kier alpha value is -1.54. The fraction of sp³-hybridized carbons (Fsp3) is 0.775. The van der Waals surface area contributed by atoms with Gasteiger partial charge in [0.2, 0.25) is 0 Å². The third-order valence-electron chi connectivity index (χ3n) is 7.90. The number of rotatable bonds is 35. The number of phosphoric ester groups is 1. The summed E-state index contributed by atoms with van der Waals surface area (Å²) in [7, 11) is 1.65. The highest BCUT2D eigenvalue weighted by molar-refractivity contribution is 7.47. The molecule has 0 amide bonds. The molecule has 9 heteroatoms. The van der Waals surface area contributed by atoms with Crippen molar-refractivity contribution in [1.29, 1.82) is 0 Å². The molecule has 8 nitrogen and oxygen atoms in total. The normalized spacial score (nSPS) is 14.5. The van der Waals surface area contributed by atoms with E-state index in [2.05, 4.69) is 62.5 Å². The number of carbonyl (C=O) groups is 1. The van der Waals surface area contributed by atoms with Crippen LogP contribution in [0.15, 0.2) is 48.6 Å². The van der Waals surface area contributed by atoms with E-state index in [0.717, 1.165) is 70.6 Å². The third kappa shape index (κ3) is 37.5. The SMILES string of the molecule is CC/C=C\C/C=C\C/C=C\C/C=C\CCCCCCCCC(=O)OC(COCCCCCCCCCC)COP(=O)(O)OCC[N+](C)(C)C. The van der Waals surface area contributed by atoms with Crippen molar-refractivity contribution in [3.8, 4) is 0 Å². The van der Waals surface area contributed by atoms with Crippen LogP contribution in [-0.4, -0.2) is 75.6 Å². The van der Waals surface area contributed by atoms with E-state index in [1.807, 2.05) is 21.1 Å². The minimum atomic E-state index is -4.27. The molecular formula is C40H75NO7P+. The molecule has 0 radical (unpaired) electrons. The van der Waals surface area contributed by atoms with Gasteiger partial charge in [-0.3, -0.25) is 13.8 Å². The second-order valence-corrected chi connectivity index (χ2v) is 15.4. The molecule has 0 aromatic rings. The van der Waals surface area contributed by atoms with Crippen molar-refractivity contribution in [3.63, 3.8) is 0 Å². The Labute approximate surface area is 301 Å². The lowest BCUT2D eigenvalue weighted by atomic mass is 10.1. The first-order valence-electron chi connectivity index (χ1n) is 19.4. The number of quaternary nitrogens is 1. The second kappa shape index (κ2) is 33.6. The van der Waals surface area contributed by atoms with Crippen LogP contribution in [0.5, 0.6) is 0 Å². The van der Waals surface area contributed by atoms with E-state index in [0.29, 0.717) is 24.1 Å². The van der Waals surface area contributed by atoms with Crippen molar-refractivity contribution in [3.05, 3.63) is 48.6 Å². The summed E-state index contributed by atoms with van der Waals surface area (Å²) in [5.41, 5.74) is 0. The van der Waals surface area contributed by atoms with Crippen LogP contribution in [0.3, 0.4) is 0 Å². The topological polar surface area (TPSA) is 91.3 Å². The lowest BCUT2D eigenvalue weighted by Crippen LogP contribution is -2.37. The van der Waals surface area contributed by atoms with Gasteiger partial charge in [-0.15, -0.1) is 0 Å². The van der Waals surface area contributed by atoms with E-state index in [1.54, 1.807) is 0 Å². The molecule has 49 heavy (non-hydrogen) atoms. The average molecular weight is 713 g/mol. The predicted molar refractivity (Wildman–Crippen MR) is 206 cm³/mol. The Balaban J connectivity index is 4.25. The largest absolute Gasteiger partial charge is 0.472 e. The van der Waals surface area contributed by atoms with E-state index >= 15 is 0 Å². The molecule has 0 rings (SSSR count). The molecule has 0 saturated heterocycles. The molecule has 0 aliphatic heterocycles. The summed E-state index contributed by atoms with van der Waals surface area (Å²) in [5, 5.41) is 0. The summed E-state index contributed by atoms with van der Waals surface area (Å²) in [5.74, 6) is -0.331. The Morgan fingerprint density at radius 2 is 1.18 bits per heavy atom. The van der Waals surface area contributed by atoms with Gasteiger partial charge in [0, 0.05) is 13.0 Å². The number of carbonyl (C=O) groups excluding carboxylic acids is 1. The van der Waals surface area contributed by atoms with Crippen molar-refractivity contribution < 1.29 is 37.3 Å². The number of hydrogen-bond donors (Lipinski definition) is 1. The summed E-state index contributed by atoms with van der Waals surface area (Å²) < 4.78 is 34.7. The first kappa shape index (κ1) is 47.5. The lowest BCUT2D eigenvalue weighted by Gasteiger charge is -2.24. The zero-order valence-electron chi connectivity index (χ0n) is 32.2. The van der Waals surface area contributed by atoms with Crippen LogP contribution in [0, 0.1) is 0 Å². The summed E-state index contributed by atoms with van der Waals surface area (Å²) in [6.07, 6.45) is 38.5. The molecule has 0 fully saturated rings. The van der Waals surface area contributed by atoms with E-state index in [9.17, 15) is 14.3 Å². The van der Waals surface area contributed by atoms with Crippen molar-refractivity contribution in [2.75, 3.05) is 54.1 Å². The van der Waals surface area contributed by atoms with Gasteiger partial charge in [0.15, 0.2) is 0 Å². The maximum atomic E-state index is 12.6. The number of likely N-dealkylation sites (N-methyl/N-ethyl adjacent to an activating group) is 1. The quantitative estimate of drug-likeness (QED) is 0.0230. The van der Waals surface area contributed by atoms with E-state index in [-0.39, 0.29) is 25.8 Å². The standard InChI is InChI=1S/C40H74NO7P/c1-6-8-10-12-14-16-17-18-19-20-21-22-23-24-25-26-27-29-31-33-40(42)48-39(37-45-35-32-30-28-15-13-11-9-7-2)38-47-49(43,44)46-36-34-41(3,4)5/h8,10,14,16,18-19,21-22,39H,6-7,9,11-13,15,17,20,23-38H2,1-5H3/p+1/b10-8-,16-14-,19-18-,22-21-. The summed E-state index contributed by atoms with van der Waals surface area (Å²) in [6, 6.07) is 0. The molecular weight excluding hydrogens is 637 g/mol. The van der Waals surface area contributed by atoms with E-state index in [4.69, 9.17) is 18.5 Å². The number of esters is 1. The van der Waals surface area contributed by atoms with Crippen molar-refractivity contribution in [2.45, 2.75) is 148 Å². The highest BCUT2D eigenvalue weighted by Gasteiger charge is 2.26. The van der Waals surface area contributed by atoms with Crippen LogP contribution in [0.25, 0.3) is 0 Å². The van der Waals surface area contributed by atoms with Gasteiger partial charge in [0.1, 0.15) is 19.3 Å². The summed E-state index contributed by atoms with van der Waals surface area (Å²) >= 11 is 0. The van der Waals surface area contributed by atoms with E-state index in [1.165, 1.54) is 51.4 Å². The van der Waals surface area contributed by atoms with Gasteiger partial charge in [-0.05, 0) is 51.4 Å². The molecule has 0 aromatic heterocycles. The van der Waals surface area contributed by atoms with Crippen LogP contribution in [0.4, 0.5) is 0 Å². The van der Waals surface area contributed by atoms with Crippen LogP contribution in [0.2, 0.25) is 0 Å².